The number of nitro groups is 1. The minimum absolute atomic E-state index is 0.0282. The third-order valence-electron chi connectivity index (χ3n) is 2.41. The van der Waals surface area contributed by atoms with Crippen LogP contribution in [0.2, 0.25) is 0 Å². The van der Waals surface area contributed by atoms with Crippen LogP contribution in [-0.4, -0.2) is 48.1 Å². The summed E-state index contributed by atoms with van der Waals surface area (Å²) in [6.07, 6.45) is 0.703. The molecule has 0 saturated carbocycles. The van der Waals surface area contributed by atoms with Crippen molar-refractivity contribution in [1.82, 2.24) is 4.90 Å². The first-order valence-electron chi connectivity index (χ1n) is 5.71. The fourth-order valence-corrected chi connectivity index (χ4v) is 1.48. The van der Waals surface area contributed by atoms with E-state index in [9.17, 15) is 14.9 Å². The van der Waals surface area contributed by atoms with Gasteiger partial charge in [-0.25, -0.2) is 4.79 Å². The summed E-state index contributed by atoms with van der Waals surface area (Å²) in [6, 6.07) is 3.47. The van der Waals surface area contributed by atoms with E-state index in [1.54, 1.807) is 0 Å². The number of nitrogens with zero attached hydrogens (tertiary/aromatic N) is 2. The van der Waals surface area contributed by atoms with Crippen LogP contribution in [0, 0.1) is 10.1 Å². The fourth-order valence-electron chi connectivity index (χ4n) is 1.48. The van der Waals surface area contributed by atoms with Gasteiger partial charge in [-0.2, -0.15) is 0 Å². The summed E-state index contributed by atoms with van der Waals surface area (Å²) in [6.45, 7) is 1.09. The molecule has 1 aromatic carbocycles. The van der Waals surface area contributed by atoms with Crippen molar-refractivity contribution in [2.24, 2.45) is 0 Å². The van der Waals surface area contributed by atoms with Crippen LogP contribution in [0.4, 0.5) is 5.69 Å². The maximum atomic E-state index is 11.0. The number of ether oxygens (including phenoxy) is 1. The Morgan fingerprint density at radius 2 is 2.16 bits per heavy atom. The quantitative estimate of drug-likeness (QED) is 0.459. The molecule has 1 N–H and O–H groups in total. The second-order valence-electron chi connectivity index (χ2n) is 4.25. The normalized spacial score (nSPS) is 10.5. The van der Waals surface area contributed by atoms with Crippen LogP contribution >= 0.6 is 0 Å². The van der Waals surface area contributed by atoms with Crippen molar-refractivity contribution < 1.29 is 19.6 Å². The SMILES string of the molecule is CN(C)CCCOc1cc([N+](=O)[O-])ccc1C(=O)O. The van der Waals surface area contributed by atoms with Crippen LogP contribution in [0.3, 0.4) is 0 Å². The van der Waals surface area contributed by atoms with E-state index in [-0.39, 0.29) is 17.0 Å². The number of rotatable bonds is 7. The van der Waals surface area contributed by atoms with Crippen LogP contribution in [0.25, 0.3) is 0 Å². The molecule has 0 amide bonds. The molecule has 0 aliphatic rings. The predicted molar refractivity (Wildman–Crippen MR) is 68.7 cm³/mol. The Balaban J connectivity index is 2.80. The van der Waals surface area contributed by atoms with Crippen molar-refractivity contribution in [3.8, 4) is 5.75 Å². The molecule has 0 spiro atoms. The van der Waals surface area contributed by atoms with Gasteiger partial charge in [0, 0.05) is 12.6 Å². The Kier molecular flexibility index (Phi) is 5.25. The van der Waals surface area contributed by atoms with Crippen molar-refractivity contribution >= 4 is 11.7 Å². The molecule has 0 aliphatic carbocycles. The van der Waals surface area contributed by atoms with Gasteiger partial charge in [0.25, 0.3) is 5.69 Å². The van der Waals surface area contributed by atoms with Gasteiger partial charge in [-0.15, -0.1) is 0 Å². The number of hydrogen-bond donors (Lipinski definition) is 1. The molecule has 0 atom stereocenters. The number of carbonyl (C=O) groups is 1. The molecule has 0 bridgehead atoms. The molecule has 0 heterocycles. The molecule has 0 unspecified atom stereocenters. The summed E-state index contributed by atoms with van der Waals surface area (Å²) in [7, 11) is 3.83. The maximum absolute atomic E-state index is 11.0. The van der Waals surface area contributed by atoms with Crippen molar-refractivity contribution in [3.05, 3.63) is 33.9 Å². The summed E-state index contributed by atoms with van der Waals surface area (Å²) in [5, 5.41) is 19.6. The molecule has 0 fully saturated rings. The van der Waals surface area contributed by atoms with Crippen LogP contribution in [0.5, 0.6) is 5.75 Å². The number of non-ortho nitro benzene ring substituents is 1. The first kappa shape index (κ1) is 14.9. The van der Waals surface area contributed by atoms with Gasteiger partial charge in [-0.3, -0.25) is 10.1 Å². The van der Waals surface area contributed by atoms with E-state index < -0.39 is 10.9 Å². The third kappa shape index (κ3) is 4.55. The molecule has 0 aliphatic heterocycles. The summed E-state index contributed by atoms with van der Waals surface area (Å²) in [4.78, 5) is 23.0. The fraction of sp³-hybridized carbons (Fsp3) is 0.417. The summed E-state index contributed by atoms with van der Waals surface area (Å²) in [5.74, 6) is -1.14. The Labute approximate surface area is 110 Å². The Bertz CT molecular complexity index is 473. The van der Waals surface area contributed by atoms with Crippen LogP contribution in [0.15, 0.2) is 18.2 Å². The molecule has 19 heavy (non-hydrogen) atoms. The average molecular weight is 268 g/mol. The van der Waals surface area contributed by atoms with Crippen LogP contribution in [-0.2, 0) is 0 Å². The second kappa shape index (κ2) is 6.69. The number of benzene rings is 1. The van der Waals surface area contributed by atoms with Gasteiger partial charge in [0.15, 0.2) is 0 Å². The van der Waals surface area contributed by atoms with Crippen LogP contribution < -0.4 is 4.74 Å². The highest BCUT2D eigenvalue weighted by molar-refractivity contribution is 5.91. The molecule has 104 valence electrons. The van der Waals surface area contributed by atoms with E-state index in [0.29, 0.717) is 13.0 Å². The number of carboxylic acids is 1. The number of nitro benzene ring substituents is 1. The first-order chi connectivity index (χ1) is 8.91. The lowest BCUT2D eigenvalue weighted by molar-refractivity contribution is -0.384. The van der Waals surface area contributed by atoms with Crippen LogP contribution in [0.1, 0.15) is 16.8 Å². The highest BCUT2D eigenvalue weighted by atomic mass is 16.6. The lowest BCUT2D eigenvalue weighted by Gasteiger charge is -2.11. The molecule has 1 aromatic rings. The summed E-state index contributed by atoms with van der Waals surface area (Å²) < 4.78 is 5.33. The molecular weight excluding hydrogens is 252 g/mol. The number of hydrogen-bond acceptors (Lipinski definition) is 5. The van der Waals surface area contributed by atoms with Gasteiger partial charge >= 0.3 is 5.97 Å². The monoisotopic (exact) mass is 268 g/mol. The smallest absolute Gasteiger partial charge is 0.339 e. The topological polar surface area (TPSA) is 92.9 Å². The molecule has 1 rings (SSSR count). The third-order valence-corrected chi connectivity index (χ3v) is 2.41. The molecule has 0 radical (unpaired) electrons. The van der Waals surface area contributed by atoms with Gasteiger partial charge < -0.3 is 14.7 Å². The van der Waals surface area contributed by atoms with Gasteiger partial charge in [0.05, 0.1) is 17.6 Å². The maximum Gasteiger partial charge on any atom is 0.339 e. The largest absolute Gasteiger partial charge is 0.492 e. The van der Waals surface area contributed by atoms with Gasteiger partial charge in [-0.1, -0.05) is 0 Å². The zero-order valence-electron chi connectivity index (χ0n) is 10.8. The average Bonchev–Trinajstić information content (AvgIpc) is 2.33. The second-order valence-corrected chi connectivity index (χ2v) is 4.25. The zero-order chi connectivity index (χ0) is 14.4. The predicted octanol–water partition coefficient (Wildman–Crippen LogP) is 1.62. The highest BCUT2D eigenvalue weighted by Crippen LogP contribution is 2.25. The lowest BCUT2D eigenvalue weighted by Crippen LogP contribution is -2.16. The minimum atomic E-state index is -1.17. The highest BCUT2D eigenvalue weighted by Gasteiger charge is 2.16. The van der Waals surface area contributed by atoms with Crippen molar-refractivity contribution in [3.63, 3.8) is 0 Å². The van der Waals surface area contributed by atoms with E-state index in [1.807, 2.05) is 19.0 Å². The van der Waals surface area contributed by atoms with E-state index in [2.05, 4.69) is 0 Å². The molecule has 0 saturated heterocycles. The van der Waals surface area contributed by atoms with Gasteiger partial charge in [0.2, 0.25) is 0 Å². The van der Waals surface area contributed by atoms with Crippen molar-refractivity contribution in [2.45, 2.75) is 6.42 Å². The Morgan fingerprint density at radius 1 is 1.47 bits per heavy atom. The molecule has 0 aromatic heterocycles. The number of aromatic carboxylic acids is 1. The molecule has 7 nitrogen and oxygen atoms in total. The van der Waals surface area contributed by atoms with Crippen molar-refractivity contribution in [1.29, 1.82) is 0 Å². The lowest BCUT2D eigenvalue weighted by atomic mass is 10.2. The van der Waals surface area contributed by atoms with E-state index in [4.69, 9.17) is 9.84 Å². The van der Waals surface area contributed by atoms with E-state index >= 15 is 0 Å². The summed E-state index contributed by atoms with van der Waals surface area (Å²) >= 11 is 0. The summed E-state index contributed by atoms with van der Waals surface area (Å²) in [5.41, 5.74) is -0.261. The van der Waals surface area contributed by atoms with Gasteiger partial charge in [-0.05, 0) is 26.6 Å². The Hall–Kier alpha value is -2.15. The number of carboxylic acid groups (broad SMARTS) is 1. The minimum Gasteiger partial charge on any atom is -0.492 e. The first-order valence-corrected chi connectivity index (χ1v) is 5.71. The van der Waals surface area contributed by atoms with E-state index in [0.717, 1.165) is 18.7 Å². The standard InChI is InChI=1S/C12H16N2O5/c1-13(2)6-3-7-19-11-8-9(14(17)18)4-5-10(11)12(15)16/h4-5,8H,3,6-7H2,1-2H3,(H,15,16). The van der Waals surface area contributed by atoms with Crippen molar-refractivity contribution in [2.75, 3.05) is 27.2 Å². The van der Waals surface area contributed by atoms with E-state index in [1.165, 1.54) is 6.07 Å². The zero-order valence-corrected chi connectivity index (χ0v) is 10.8. The van der Waals surface area contributed by atoms with Gasteiger partial charge in [0.1, 0.15) is 11.3 Å². The molecule has 7 heteroatoms. The Morgan fingerprint density at radius 3 is 2.68 bits per heavy atom. The molecular formula is C12H16N2O5.